The number of ketones is 1. The van der Waals surface area contributed by atoms with Crippen molar-refractivity contribution in [3.05, 3.63) is 64.7 Å². The van der Waals surface area contributed by atoms with Gasteiger partial charge in [-0.3, -0.25) is 9.59 Å². The Morgan fingerprint density at radius 3 is 2.22 bits per heavy atom. The molecule has 2 aromatic carbocycles. The van der Waals surface area contributed by atoms with Crippen LogP contribution in [0.5, 0.6) is 11.5 Å². The standard InChI is InChI=1S/C30H40N2O5/c1-6-8-18-36-24-13-10-22(11-14-24)27-26(29(34)30(35)32(27)17-16-31(4)5)28(33)23-12-15-25(21(3)20-23)37-19-9-7-2/h10-15,20,27,33H,6-9,16-19H2,1-5H3/b28-26+. The second-order valence-electron chi connectivity index (χ2n) is 9.75. The maximum absolute atomic E-state index is 13.3. The van der Waals surface area contributed by atoms with E-state index in [1.165, 1.54) is 0 Å². The molecule has 3 rings (SSSR count). The molecule has 0 aromatic heterocycles. The second kappa shape index (κ2) is 13.3. The third-order valence-corrected chi connectivity index (χ3v) is 6.49. The molecule has 0 aliphatic carbocycles. The van der Waals surface area contributed by atoms with Gasteiger partial charge in [0.25, 0.3) is 11.7 Å². The van der Waals surface area contributed by atoms with Crippen molar-refractivity contribution in [2.24, 2.45) is 0 Å². The summed E-state index contributed by atoms with van der Waals surface area (Å²) < 4.78 is 11.6. The van der Waals surface area contributed by atoms with Gasteiger partial charge in [0.1, 0.15) is 17.3 Å². The van der Waals surface area contributed by atoms with Crippen molar-refractivity contribution in [2.75, 3.05) is 40.4 Å². The Kier molecular flexibility index (Phi) is 10.1. The van der Waals surface area contributed by atoms with E-state index in [9.17, 15) is 14.7 Å². The number of ether oxygens (including phenoxy) is 2. The van der Waals surface area contributed by atoms with Crippen LogP contribution >= 0.6 is 0 Å². The van der Waals surface area contributed by atoms with Gasteiger partial charge in [0.15, 0.2) is 0 Å². The molecule has 1 saturated heterocycles. The predicted octanol–water partition coefficient (Wildman–Crippen LogP) is 5.34. The van der Waals surface area contributed by atoms with Gasteiger partial charge in [0.2, 0.25) is 0 Å². The molecule has 1 N–H and O–H groups in total. The molecule has 0 radical (unpaired) electrons. The molecule has 1 aliphatic heterocycles. The fourth-order valence-electron chi connectivity index (χ4n) is 4.29. The summed E-state index contributed by atoms with van der Waals surface area (Å²) in [7, 11) is 3.84. The van der Waals surface area contributed by atoms with Crippen LogP contribution in [0.2, 0.25) is 0 Å². The summed E-state index contributed by atoms with van der Waals surface area (Å²) in [5.41, 5.74) is 2.18. The SMILES string of the molecule is CCCCOc1ccc(C2/C(=C(\O)c3ccc(OCCCC)c(C)c3)C(=O)C(=O)N2CCN(C)C)cc1. The Hall–Kier alpha value is -3.32. The van der Waals surface area contributed by atoms with E-state index >= 15 is 0 Å². The van der Waals surface area contributed by atoms with E-state index in [0.717, 1.165) is 48.3 Å². The largest absolute Gasteiger partial charge is 0.507 e. The van der Waals surface area contributed by atoms with Gasteiger partial charge in [0, 0.05) is 18.7 Å². The zero-order chi connectivity index (χ0) is 26.9. The number of amides is 1. The average molecular weight is 509 g/mol. The smallest absolute Gasteiger partial charge is 0.295 e. The summed E-state index contributed by atoms with van der Waals surface area (Å²) in [4.78, 5) is 29.9. The lowest BCUT2D eigenvalue weighted by Gasteiger charge is -2.26. The first-order valence-electron chi connectivity index (χ1n) is 13.2. The summed E-state index contributed by atoms with van der Waals surface area (Å²) in [6, 6.07) is 12.1. The van der Waals surface area contributed by atoms with Gasteiger partial charge >= 0.3 is 0 Å². The molecule has 0 saturated carbocycles. The minimum absolute atomic E-state index is 0.0995. The molecule has 1 aliphatic rings. The molecule has 1 fully saturated rings. The topological polar surface area (TPSA) is 79.3 Å². The van der Waals surface area contributed by atoms with Gasteiger partial charge in [0.05, 0.1) is 24.8 Å². The number of Topliss-reactive ketones (excluding diaryl/α,β-unsaturated/α-hetero) is 1. The van der Waals surface area contributed by atoms with Crippen molar-refractivity contribution in [3.8, 4) is 11.5 Å². The zero-order valence-corrected chi connectivity index (χ0v) is 22.8. The van der Waals surface area contributed by atoms with Gasteiger partial charge in [-0.1, -0.05) is 38.8 Å². The van der Waals surface area contributed by atoms with Gasteiger partial charge in [-0.05, 0) is 75.3 Å². The monoisotopic (exact) mass is 508 g/mol. The Labute approximate surface area is 220 Å². The number of likely N-dealkylation sites (N-methyl/N-ethyl adjacent to an activating group) is 1. The molecule has 0 spiro atoms. The highest BCUT2D eigenvalue weighted by atomic mass is 16.5. The average Bonchev–Trinajstić information content (AvgIpc) is 3.13. The predicted molar refractivity (Wildman–Crippen MR) is 146 cm³/mol. The molecule has 1 atom stereocenters. The second-order valence-corrected chi connectivity index (χ2v) is 9.75. The van der Waals surface area contributed by atoms with E-state index in [-0.39, 0.29) is 11.3 Å². The Morgan fingerprint density at radius 1 is 0.973 bits per heavy atom. The van der Waals surface area contributed by atoms with Crippen LogP contribution in [0, 0.1) is 6.92 Å². The number of hydrogen-bond donors (Lipinski definition) is 1. The van der Waals surface area contributed by atoms with E-state index in [0.29, 0.717) is 31.9 Å². The van der Waals surface area contributed by atoms with E-state index in [2.05, 4.69) is 13.8 Å². The number of nitrogens with zero attached hydrogens (tertiary/aromatic N) is 2. The fraction of sp³-hybridized carbons (Fsp3) is 0.467. The number of carbonyl (C=O) groups excluding carboxylic acids is 2. The van der Waals surface area contributed by atoms with E-state index in [4.69, 9.17) is 9.47 Å². The Balaban J connectivity index is 2.00. The van der Waals surface area contributed by atoms with Crippen molar-refractivity contribution < 1.29 is 24.2 Å². The summed E-state index contributed by atoms with van der Waals surface area (Å²) in [6.45, 7) is 8.32. The van der Waals surface area contributed by atoms with Gasteiger partial charge in [-0.15, -0.1) is 0 Å². The molecule has 200 valence electrons. The minimum Gasteiger partial charge on any atom is -0.507 e. The molecule has 1 heterocycles. The van der Waals surface area contributed by atoms with Gasteiger partial charge in [-0.2, -0.15) is 0 Å². The summed E-state index contributed by atoms with van der Waals surface area (Å²) >= 11 is 0. The number of benzene rings is 2. The van der Waals surface area contributed by atoms with Crippen molar-refractivity contribution in [3.63, 3.8) is 0 Å². The van der Waals surface area contributed by atoms with Crippen LogP contribution in [0.15, 0.2) is 48.0 Å². The first kappa shape index (κ1) is 28.3. The number of hydrogen-bond acceptors (Lipinski definition) is 6. The van der Waals surface area contributed by atoms with E-state index in [1.54, 1.807) is 23.1 Å². The number of unbranched alkanes of at least 4 members (excludes halogenated alkanes) is 2. The zero-order valence-electron chi connectivity index (χ0n) is 22.8. The Bertz CT molecular complexity index is 1110. The summed E-state index contributed by atoms with van der Waals surface area (Å²) in [6.07, 6.45) is 4.01. The minimum atomic E-state index is -0.689. The van der Waals surface area contributed by atoms with Crippen LogP contribution in [0.3, 0.4) is 0 Å². The highest BCUT2D eigenvalue weighted by molar-refractivity contribution is 6.46. The van der Waals surface area contributed by atoms with Crippen molar-refractivity contribution in [1.82, 2.24) is 9.80 Å². The third kappa shape index (κ3) is 6.92. The van der Waals surface area contributed by atoms with E-state index in [1.807, 2.05) is 50.2 Å². The molecule has 37 heavy (non-hydrogen) atoms. The Morgan fingerprint density at radius 2 is 1.62 bits per heavy atom. The molecular formula is C30H40N2O5. The number of aryl methyl sites for hydroxylation is 1. The number of carbonyl (C=O) groups is 2. The number of aliphatic hydroxyl groups excluding tert-OH is 1. The lowest BCUT2D eigenvalue weighted by atomic mass is 9.94. The number of rotatable bonds is 13. The molecule has 1 amide bonds. The molecule has 7 nitrogen and oxygen atoms in total. The first-order valence-corrected chi connectivity index (χ1v) is 13.2. The number of aliphatic hydroxyl groups is 1. The van der Waals surface area contributed by atoms with Crippen molar-refractivity contribution in [1.29, 1.82) is 0 Å². The van der Waals surface area contributed by atoms with Crippen LogP contribution in [0.4, 0.5) is 0 Å². The normalized spacial score (nSPS) is 17.0. The maximum atomic E-state index is 13.3. The highest BCUT2D eigenvalue weighted by Crippen LogP contribution is 2.40. The van der Waals surface area contributed by atoms with Gasteiger partial charge in [-0.25, -0.2) is 0 Å². The van der Waals surface area contributed by atoms with Crippen molar-refractivity contribution >= 4 is 17.4 Å². The third-order valence-electron chi connectivity index (χ3n) is 6.49. The highest BCUT2D eigenvalue weighted by Gasteiger charge is 2.45. The summed E-state index contributed by atoms with van der Waals surface area (Å²) in [5, 5.41) is 11.4. The van der Waals surface area contributed by atoms with Crippen molar-refractivity contribution in [2.45, 2.75) is 52.5 Å². The lowest BCUT2D eigenvalue weighted by Crippen LogP contribution is -2.35. The van der Waals surface area contributed by atoms with Crippen LogP contribution in [-0.4, -0.2) is 67.0 Å². The lowest BCUT2D eigenvalue weighted by molar-refractivity contribution is -0.140. The molecular weight excluding hydrogens is 468 g/mol. The van der Waals surface area contributed by atoms with Gasteiger partial charge < -0.3 is 24.4 Å². The quantitative estimate of drug-likeness (QED) is 0.170. The fourth-order valence-corrected chi connectivity index (χ4v) is 4.29. The maximum Gasteiger partial charge on any atom is 0.295 e. The molecule has 0 bridgehead atoms. The molecule has 7 heteroatoms. The van der Waals surface area contributed by atoms with E-state index < -0.39 is 17.7 Å². The first-order chi connectivity index (χ1) is 17.8. The van der Waals surface area contributed by atoms with Crippen LogP contribution in [-0.2, 0) is 9.59 Å². The summed E-state index contributed by atoms with van der Waals surface area (Å²) in [5.74, 6) is 0.0175. The number of likely N-dealkylation sites (tertiary alicyclic amines) is 1. The molecule has 2 aromatic rings. The van der Waals surface area contributed by atoms with Crippen LogP contribution in [0.1, 0.15) is 62.3 Å². The molecule has 1 unspecified atom stereocenters. The van der Waals surface area contributed by atoms with Crippen LogP contribution in [0.25, 0.3) is 5.76 Å². The van der Waals surface area contributed by atoms with Crippen LogP contribution < -0.4 is 9.47 Å².